The number of halogens is 2. The summed E-state index contributed by atoms with van der Waals surface area (Å²) in [6.45, 7) is 2.67. The Kier molecular flexibility index (Phi) is 8.87. The quantitative estimate of drug-likeness (QED) is 0.765. The number of hydrogen-bond donors (Lipinski definition) is 1. The molecule has 0 bridgehead atoms. The molecule has 0 aromatic heterocycles. The molecule has 1 aliphatic rings. The molecule has 24 heavy (non-hydrogen) atoms. The molecule has 0 unspecified atom stereocenters. The monoisotopic (exact) mass is 420 g/mol. The summed E-state index contributed by atoms with van der Waals surface area (Å²) in [5, 5.41) is 3.19. The van der Waals surface area contributed by atoms with Crippen molar-refractivity contribution in [1.29, 1.82) is 0 Å². The summed E-state index contributed by atoms with van der Waals surface area (Å²) in [7, 11) is 5.15. The molecule has 7 heteroatoms. The van der Waals surface area contributed by atoms with Gasteiger partial charge in [-0.1, -0.05) is 0 Å². The summed E-state index contributed by atoms with van der Waals surface area (Å²) in [4.78, 5) is 14.7. The van der Waals surface area contributed by atoms with Crippen LogP contribution in [0.15, 0.2) is 16.6 Å². The molecule has 1 amide bonds. The van der Waals surface area contributed by atoms with Gasteiger partial charge in [0.15, 0.2) is 0 Å². The van der Waals surface area contributed by atoms with Crippen molar-refractivity contribution in [3.05, 3.63) is 22.2 Å². The average molecular weight is 422 g/mol. The lowest BCUT2D eigenvalue weighted by Gasteiger charge is -2.32. The zero-order valence-corrected chi connectivity index (χ0v) is 16.8. The number of likely N-dealkylation sites (tertiary alicyclic amines) is 1. The van der Waals surface area contributed by atoms with Crippen molar-refractivity contribution in [1.82, 2.24) is 10.2 Å². The summed E-state index contributed by atoms with van der Waals surface area (Å²) in [6, 6.07) is 3.53. The lowest BCUT2D eigenvalue weighted by molar-refractivity contribution is 0.0686. The number of methoxy groups -OCH3 is 2. The molecule has 1 fully saturated rings. The van der Waals surface area contributed by atoms with Gasteiger partial charge in [0.05, 0.1) is 14.2 Å². The Bertz CT molecular complexity index is 524. The number of carbonyl (C=O) groups is 1. The first-order chi connectivity index (χ1) is 11.1. The molecular formula is C17H26BrClN2O3. The number of benzene rings is 1. The molecular weight excluding hydrogens is 396 g/mol. The van der Waals surface area contributed by atoms with E-state index in [-0.39, 0.29) is 18.3 Å². The highest BCUT2D eigenvalue weighted by atomic mass is 79.9. The summed E-state index contributed by atoms with van der Waals surface area (Å²) >= 11 is 3.43. The van der Waals surface area contributed by atoms with Gasteiger partial charge in [0.1, 0.15) is 16.0 Å². The van der Waals surface area contributed by atoms with Crippen LogP contribution >= 0.6 is 28.3 Å². The number of piperidine rings is 1. The van der Waals surface area contributed by atoms with Crippen molar-refractivity contribution in [2.45, 2.75) is 19.3 Å². The molecule has 1 saturated heterocycles. The van der Waals surface area contributed by atoms with E-state index in [1.165, 1.54) is 6.42 Å². The summed E-state index contributed by atoms with van der Waals surface area (Å²) in [6.07, 6.45) is 3.31. The lowest BCUT2D eigenvalue weighted by atomic mass is 9.93. The SMILES string of the molecule is CNCCC1CCN(C(=O)c2cc(OC)c(Br)c(OC)c2)CC1.Cl. The van der Waals surface area contributed by atoms with Crippen LogP contribution in [0.5, 0.6) is 11.5 Å². The highest BCUT2D eigenvalue weighted by Crippen LogP contribution is 2.36. The second-order valence-corrected chi connectivity index (χ2v) is 6.62. The van der Waals surface area contributed by atoms with Crippen LogP contribution in [-0.2, 0) is 0 Å². The first-order valence-electron chi connectivity index (χ1n) is 7.96. The van der Waals surface area contributed by atoms with Gasteiger partial charge >= 0.3 is 0 Å². The lowest BCUT2D eigenvalue weighted by Crippen LogP contribution is -2.39. The van der Waals surface area contributed by atoms with E-state index >= 15 is 0 Å². The van der Waals surface area contributed by atoms with Crippen molar-refractivity contribution in [3.8, 4) is 11.5 Å². The van der Waals surface area contributed by atoms with Crippen molar-refractivity contribution in [3.63, 3.8) is 0 Å². The maximum absolute atomic E-state index is 12.8. The number of rotatable bonds is 6. The van der Waals surface area contributed by atoms with E-state index < -0.39 is 0 Å². The zero-order valence-electron chi connectivity index (χ0n) is 14.4. The Balaban J connectivity index is 0.00000288. The predicted molar refractivity (Wildman–Crippen MR) is 102 cm³/mol. The predicted octanol–water partition coefficient (Wildman–Crippen LogP) is 3.35. The highest BCUT2D eigenvalue weighted by Gasteiger charge is 2.24. The van der Waals surface area contributed by atoms with Crippen LogP contribution in [0.2, 0.25) is 0 Å². The summed E-state index contributed by atoms with van der Waals surface area (Å²) in [5.74, 6) is 1.97. The van der Waals surface area contributed by atoms with Gasteiger partial charge in [-0.3, -0.25) is 4.79 Å². The summed E-state index contributed by atoms with van der Waals surface area (Å²) in [5.41, 5.74) is 0.607. The van der Waals surface area contributed by atoms with Gasteiger partial charge in [0, 0.05) is 18.7 Å². The van der Waals surface area contributed by atoms with Gasteiger partial charge in [-0.05, 0) is 66.8 Å². The third-order valence-corrected chi connectivity index (χ3v) is 5.18. The Morgan fingerprint density at radius 2 is 1.79 bits per heavy atom. The minimum Gasteiger partial charge on any atom is -0.495 e. The van der Waals surface area contributed by atoms with Gasteiger partial charge in [0.25, 0.3) is 5.91 Å². The number of ether oxygens (including phenoxy) is 2. The first-order valence-corrected chi connectivity index (χ1v) is 8.75. The normalized spacial score (nSPS) is 14.9. The molecule has 2 rings (SSSR count). The van der Waals surface area contributed by atoms with E-state index in [0.717, 1.165) is 36.9 Å². The Labute approximate surface area is 158 Å². The number of amides is 1. The Morgan fingerprint density at radius 3 is 2.25 bits per heavy atom. The van der Waals surface area contributed by atoms with Gasteiger partial charge in [-0.2, -0.15) is 0 Å². The van der Waals surface area contributed by atoms with Crippen LogP contribution in [-0.4, -0.2) is 51.7 Å². The molecule has 0 atom stereocenters. The second kappa shape index (κ2) is 10.1. The second-order valence-electron chi connectivity index (χ2n) is 5.82. The molecule has 136 valence electrons. The van der Waals surface area contributed by atoms with Gasteiger partial charge in [-0.25, -0.2) is 0 Å². The molecule has 1 aliphatic heterocycles. The molecule has 1 aromatic carbocycles. The van der Waals surface area contributed by atoms with Gasteiger partial charge in [0.2, 0.25) is 0 Å². The van der Waals surface area contributed by atoms with E-state index in [4.69, 9.17) is 9.47 Å². The minimum atomic E-state index is 0. The fraction of sp³-hybridized carbons (Fsp3) is 0.588. The maximum atomic E-state index is 12.8. The van der Waals surface area contributed by atoms with Gasteiger partial charge in [-0.15, -0.1) is 12.4 Å². The van der Waals surface area contributed by atoms with Crippen LogP contribution in [0.1, 0.15) is 29.6 Å². The molecule has 0 saturated carbocycles. The van der Waals surface area contributed by atoms with Crippen LogP contribution in [0.4, 0.5) is 0 Å². The van der Waals surface area contributed by atoms with E-state index in [1.807, 2.05) is 11.9 Å². The van der Waals surface area contributed by atoms with E-state index in [0.29, 0.717) is 23.0 Å². The van der Waals surface area contributed by atoms with Crippen molar-refractivity contribution >= 4 is 34.2 Å². The molecule has 1 aromatic rings. The summed E-state index contributed by atoms with van der Waals surface area (Å²) < 4.78 is 11.4. The van der Waals surface area contributed by atoms with E-state index in [1.54, 1.807) is 26.4 Å². The zero-order chi connectivity index (χ0) is 16.8. The highest BCUT2D eigenvalue weighted by molar-refractivity contribution is 9.10. The van der Waals surface area contributed by atoms with Crippen LogP contribution in [0.3, 0.4) is 0 Å². The van der Waals surface area contributed by atoms with Crippen LogP contribution in [0, 0.1) is 5.92 Å². The fourth-order valence-electron chi connectivity index (χ4n) is 2.95. The molecule has 1 N–H and O–H groups in total. The molecule has 5 nitrogen and oxygen atoms in total. The Morgan fingerprint density at radius 1 is 1.25 bits per heavy atom. The average Bonchev–Trinajstić information content (AvgIpc) is 2.60. The fourth-order valence-corrected chi connectivity index (χ4v) is 3.50. The van der Waals surface area contributed by atoms with Crippen molar-refractivity contribution in [2.24, 2.45) is 5.92 Å². The largest absolute Gasteiger partial charge is 0.495 e. The molecule has 1 heterocycles. The van der Waals surface area contributed by atoms with Crippen LogP contribution in [0.25, 0.3) is 0 Å². The minimum absolute atomic E-state index is 0. The molecule has 0 radical (unpaired) electrons. The first kappa shape index (κ1) is 21.1. The number of nitrogens with one attached hydrogen (secondary N) is 1. The maximum Gasteiger partial charge on any atom is 0.254 e. The molecule has 0 aliphatic carbocycles. The standard InChI is InChI=1S/C17H25BrN2O3.ClH/c1-19-7-4-12-5-8-20(9-6-12)17(21)13-10-14(22-2)16(18)15(11-13)23-3;/h10-12,19H,4-9H2,1-3H3;1H. The third kappa shape index (κ3) is 5.01. The van der Waals surface area contributed by atoms with Gasteiger partial charge < -0.3 is 19.7 Å². The molecule has 0 spiro atoms. The smallest absolute Gasteiger partial charge is 0.254 e. The third-order valence-electron chi connectivity index (χ3n) is 4.40. The number of nitrogens with zero attached hydrogens (tertiary/aromatic N) is 1. The van der Waals surface area contributed by atoms with Crippen molar-refractivity contribution in [2.75, 3.05) is 40.9 Å². The number of carbonyl (C=O) groups excluding carboxylic acids is 1. The van der Waals surface area contributed by atoms with E-state index in [2.05, 4.69) is 21.2 Å². The van der Waals surface area contributed by atoms with Crippen molar-refractivity contribution < 1.29 is 14.3 Å². The van der Waals surface area contributed by atoms with E-state index in [9.17, 15) is 4.79 Å². The topological polar surface area (TPSA) is 50.8 Å². The van der Waals surface area contributed by atoms with Crippen LogP contribution < -0.4 is 14.8 Å². The number of hydrogen-bond acceptors (Lipinski definition) is 4. The Hall–Kier alpha value is -0.980.